The van der Waals surface area contributed by atoms with Gasteiger partial charge in [-0.1, -0.05) is 31.7 Å². The van der Waals surface area contributed by atoms with Gasteiger partial charge in [-0.2, -0.15) is 0 Å². The minimum atomic E-state index is 0.109. The molecule has 1 aromatic carbocycles. The van der Waals surface area contributed by atoms with E-state index in [2.05, 4.69) is 12.2 Å². The van der Waals surface area contributed by atoms with Crippen LogP contribution in [0.15, 0.2) is 18.2 Å². The second kappa shape index (κ2) is 6.10. The van der Waals surface area contributed by atoms with Gasteiger partial charge in [0.05, 0.1) is 0 Å². The van der Waals surface area contributed by atoms with E-state index in [9.17, 15) is 10.2 Å². The van der Waals surface area contributed by atoms with Crippen molar-refractivity contribution in [1.82, 2.24) is 5.32 Å². The van der Waals surface area contributed by atoms with Crippen molar-refractivity contribution in [2.24, 2.45) is 0 Å². The molecule has 0 aliphatic heterocycles. The van der Waals surface area contributed by atoms with E-state index in [0.29, 0.717) is 6.04 Å². The Morgan fingerprint density at radius 2 is 1.78 bits per heavy atom. The van der Waals surface area contributed by atoms with Crippen LogP contribution in [0.2, 0.25) is 0 Å². The first-order valence-electron chi connectivity index (χ1n) is 6.95. The van der Waals surface area contributed by atoms with Gasteiger partial charge in [-0.25, -0.2) is 0 Å². The molecule has 1 unspecified atom stereocenters. The number of hydrogen-bond acceptors (Lipinski definition) is 3. The lowest BCUT2D eigenvalue weighted by Crippen LogP contribution is -2.31. The predicted molar refractivity (Wildman–Crippen MR) is 72.8 cm³/mol. The Balaban J connectivity index is 1.99. The lowest BCUT2D eigenvalue weighted by atomic mass is 10.0. The maximum absolute atomic E-state index is 9.85. The van der Waals surface area contributed by atoms with E-state index >= 15 is 0 Å². The fraction of sp³-hybridized carbons (Fsp3) is 0.600. The van der Waals surface area contributed by atoms with Gasteiger partial charge < -0.3 is 15.5 Å². The molecule has 0 aromatic heterocycles. The summed E-state index contributed by atoms with van der Waals surface area (Å²) in [4.78, 5) is 0. The summed E-state index contributed by atoms with van der Waals surface area (Å²) in [6.07, 6.45) is 7.73. The molecule has 3 nitrogen and oxygen atoms in total. The van der Waals surface area contributed by atoms with Gasteiger partial charge in [0.15, 0.2) is 0 Å². The minimum Gasteiger partial charge on any atom is -0.508 e. The van der Waals surface area contributed by atoms with Crippen LogP contribution in [-0.2, 0) is 0 Å². The van der Waals surface area contributed by atoms with E-state index in [1.54, 1.807) is 12.1 Å². The average Bonchev–Trinajstić information content (AvgIpc) is 2.57. The van der Waals surface area contributed by atoms with Gasteiger partial charge in [-0.15, -0.1) is 0 Å². The van der Waals surface area contributed by atoms with Crippen LogP contribution in [0.1, 0.15) is 57.1 Å². The fourth-order valence-electron chi connectivity index (χ4n) is 2.79. The molecule has 0 heterocycles. The van der Waals surface area contributed by atoms with Crippen molar-refractivity contribution < 1.29 is 10.2 Å². The van der Waals surface area contributed by atoms with Gasteiger partial charge >= 0.3 is 0 Å². The van der Waals surface area contributed by atoms with E-state index in [1.807, 2.05) is 0 Å². The summed E-state index contributed by atoms with van der Waals surface area (Å²) in [7, 11) is 0. The summed E-state index contributed by atoms with van der Waals surface area (Å²) in [5, 5.41) is 22.7. The van der Waals surface area contributed by atoms with Crippen LogP contribution in [0.25, 0.3) is 0 Å². The molecular formula is C15H23NO2. The number of aromatic hydroxyl groups is 2. The summed E-state index contributed by atoms with van der Waals surface area (Å²) in [5.74, 6) is 0.279. The van der Waals surface area contributed by atoms with E-state index in [0.717, 1.165) is 5.56 Å². The molecule has 1 atom stereocenters. The first-order chi connectivity index (χ1) is 8.66. The number of hydrogen-bond donors (Lipinski definition) is 3. The highest BCUT2D eigenvalue weighted by atomic mass is 16.3. The molecule has 1 aliphatic rings. The Morgan fingerprint density at radius 3 is 2.39 bits per heavy atom. The van der Waals surface area contributed by atoms with Crippen LogP contribution >= 0.6 is 0 Å². The molecule has 100 valence electrons. The number of nitrogens with one attached hydrogen (secondary N) is 1. The Bertz CT molecular complexity index is 384. The monoisotopic (exact) mass is 249 g/mol. The third-order valence-corrected chi connectivity index (χ3v) is 3.82. The van der Waals surface area contributed by atoms with Crippen molar-refractivity contribution in [2.75, 3.05) is 0 Å². The maximum atomic E-state index is 9.85. The molecule has 1 fully saturated rings. The molecule has 3 N–H and O–H groups in total. The predicted octanol–water partition coefficient (Wildman–Crippen LogP) is 3.47. The molecule has 1 saturated carbocycles. The van der Waals surface area contributed by atoms with Crippen LogP contribution in [-0.4, -0.2) is 16.3 Å². The van der Waals surface area contributed by atoms with Gasteiger partial charge in [0.25, 0.3) is 0 Å². The zero-order chi connectivity index (χ0) is 13.0. The molecule has 18 heavy (non-hydrogen) atoms. The average molecular weight is 249 g/mol. The summed E-state index contributed by atoms with van der Waals surface area (Å²) in [6, 6.07) is 5.49. The van der Waals surface area contributed by atoms with Crippen LogP contribution in [0.3, 0.4) is 0 Å². The summed E-state index contributed by atoms with van der Waals surface area (Å²) in [6.45, 7) is 2.07. The molecule has 2 rings (SSSR count). The highest BCUT2D eigenvalue weighted by Crippen LogP contribution is 2.29. The van der Waals surface area contributed by atoms with Crippen molar-refractivity contribution in [2.45, 2.75) is 57.5 Å². The third kappa shape index (κ3) is 3.39. The zero-order valence-electron chi connectivity index (χ0n) is 11.0. The number of phenols is 2. The van der Waals surface area contributed by atoms with E-state index in [-0.39, 0.29) is 17.5 Å². The Kier molecular flexibility index (Phi) is 4.48. The van der Waals surface area contributed by atoms with E-state index in [1.165, 1.54) is 44.6 Å². The highest BCUT2D eigenvalue weighted by molar-refractivity contribution is 5.40. The summed E-state index contributed by atoms with van der Waals surface area (Å²) in [5.41, 5.74) is 0.858. The van der Waals surface area contributed by atoms with Crippen LogP contribution in [0, 0.1) is 0 Å². The van der Waals surface area contributed by atoms with Gasteiger partial charge in [0.1, 0.15) is 11.5 Å². The highest BCUT2D eigenvalue weighted by Gasteiger charge is 2.17. The van der Waals surface area contributed by atoms with Crippen molar-refractivity contribution >= 4 is 0 Å². The molecule has 1 aliphatic carbocycles. The SMILES string of the molecule is CC(NC1CCCCCC1)c1ccc(O)cc1O. The van der Waals surface area contributed by atoms with Gasteiger partial charge in [-0.05, 0) is 25.8 Å². The topological polar surface area (TPSA) is 52.5 Å². The first-order valence-corrected chi connectivity index (χ1v) is 6.95. The first kappa shape index (κ1) is 13.2. The van der Waals surface area contributed by atoms with E-state index < -0.39 is 0 Å². The molecule has 0 saturated heterocycles. The number of benzene rings is 1. The van der Waals surface area contributed by atoms with Crippen molar-refractivity contribution in [3.05, 3.63) is 23.8 Å². The minimum absolute atomic E-state index is 0.109. The Labute approximate surface area is 109 Å². The van der Waals surface area contributed by atoms with Gasteiger partial charge in [0.2, 0.25) is 0 Å². The smallest absolute Gasteiger partial charge is 0.124 e. The fourth-order valence-corrected chi connectivity index (χ4v) is 2.79. The zero-order valence-corrected chi connectivity index (χ0v) is 11.0. The van der Waals surface area contributed by atoms with E-state index in [4.69, 9.17) is 0 Å². The molecule has 0 bridgehead atoms. The largest absolute Gasteiger partial charge is 0.508 e. The summed E-state index contributed by atoms with van der Waals surface area (Å²) < 4.78 is 0. The van der Waals surface area contributed by atoms with Gasteiger partial charge in [0, 0.05) is 23.7 Å². The number of phenolic OH excluding ortho intramolecular Hbond substituents is 2. The summed E-state index contributed by atoms with van der Waals surface area (Å²) >= 11 is 0. The third-order valence-electron chi connectivity index (χ3n) is 3.82. The standard InChI is InChI=1S/C15H23NO2/c1-11(14-9-8-13(17)10-15(14)18)16-12-6-4-2-3-5-7-12/h8-12,16-18H,2-7H2,1H3. The normalized spacial score (nSPS) is 19.4. The molecule has 3 heteroatoms. The number of rotatable bonds is 3. The molecular weight excluding hydrogens is 226 g/mol. The van der Waals surface area contributed by atoms with Crippen molar-refractivity contribution in [3.8, 4) is 11.5 Å². The molecule has 1 aromatic rings. The van der Waals surface area contributed by atoms with Crippen LogP contribution in [0.4, 0.5) is 0 Å². The van der Waals surface area contributed by atoms with Crippen molar-refractivity contribution in [3.63, 3.8) is 0 Å². The Hall–Kier alpha value is -1.22. The lowest BCUT2D eigenvalue weighted by molar-refractivity contribution is 0.396. The molecule has 0 amide bonds. The van der Waals surface area contributed by atoms with Gasteiger partial charge in [-0.3, -0.25) is 0 Å². The molecule has 0 spiro atoms. The lowest BCUT2D eigenvalue weighted by Gasteiger charge is -2.23. The second-order valence-corrected chi connectivity index (χ2v) is 5.32. The van der Waals surface area contributed by atoms with Crippen molar-refractivity contribution in [1.29, 1.82) is 0 Å². The molecule has 0 radical (unpaired) electrons. The van der Waals surface area contributed by atoms with Crippen LogP contribution < -0.4 is 5.32 Å². The van der Waals surface area contributed by atoms with Crippen LogP contribution in [0.5, 0.6) is 11.5 Å². The second-order valence-electron chi connectivity index (χ2n) is 5.32. The maximum Gasteiger partial charge on any atom is 0.124 e. The Morgan fingerprint density at radius 1 is 1.11 bits per heavy atom. The quantitative estimate of drug-likeness (QED) is 0.719.